The summed E-state index contributed by atoms with van der Waals surface area (Å²) in [5, 5.41) is 109. The lowest BCUT2D eigenvalue weighted by atomic mass is 9.46. The maximum absolute atomic E-state index is 12.8. The summed E-state index contributed by atoms with van der Waals surface area (Å²) in [4.78, 5) is 0. The second-order valence-electron chi connectivity index (χ2n) is 21.2. The second kappa shape index (κ2) is 17.2. The Balaban J connectivity index is 0.926. The van der Waals surface area contributed by atoms with Gasteiger partial charge in [0.05, 0.1) is 38.1 Å². The molecule has 5 aliphatic heterocycles. The van der Waals surface area contributed by atoms with E-state index in [0.717, 1.165) is 44.9 Å². The average Bonchev–Trinajstić information content (AvgIpc) is 3.62. The van der Waals surface area contributed by atoms with Crippen LogP contribution in [0, 0.1) is 40.4 Å². The van der Waals surface area contributed by atoms with Crippen molar-refractivity contribution < 1.29 is 89.0 Å². The SMILES string of the molecule is C[C@@H]1CC[C@@]2(OC1)O[C@H]1C[C@H]3[C@@H]4CC=C5C[C@@H](O[C@@H]6O[C@H](CO)[C@@H](O[C@@H]7O[C@H](CO)[C@@H](O)[C@H](O)[C@H]7O)[C@H](O)[C@H]6O[C@H]6O[C@@H](C)[C@H](O)[C@@H](O)[C@H]6O)CC[C@]5(C)[C@H]4CC[C@]3(C)[C@@]1(O)[C@@H]2C. The van der Waals surface area contributed by atoms with Crippen molar-refractivity contribution in [1.82, 2.24) is 0 Å². The van der Waals surface area contributed by atoms with Crippen LogP contribution in [0.15, 0.2) is 11.6 Å². The lowest BCUT2D eigenvalue weighted by Gasteiger charge is -2.60. The molecule has 3 saturated carbocycles. The molecule has 360 valence electrons. The fourth-order valence-corrected chi connectivity index (χ4v) is 14.0. The minimum absolute atomic E-state index is 0.130. The normalized spacial score (nSPS) is 58.1. The average molecular weight is 901 g/mol. The molecule has 9 rings (SSSR count). The van der Waals surface area contributed by atoms with E-state index in [1.54, 1.807) is 0 Å². The topological polar surface area (TPSA) is 276 Å². The Morgan fingerprint density at radius 3 is 2.03 bits per heavy atom. The van der Waals surface area contributed by atoms with Gasteiger partial charge in [-0.1, -0.05) is 39.3 Å². The Hall–Kier alpha value is -0.980. The first-order valence-corrected chi connectivity index (χ1v) is 23.5. The first-order valence-electron chi connectivity index (χ1n) is 23.5. The third kappa shape index (κ3) is 7.35. The van der Waals surface area contributed by atoms with Crippen LogP contribution in [0.5, 0.6) is 0 Å². The number of fused-ring (bicyclic) bond motifs is 7. The molecule has 1 spiro atoms. The molecule has 4 aliphatic carbocycles. The molecule has 0 amide bonds. The molecule has 0 aromatic carbocycles. The third-order valence-electron chi connectivity index (χ3n) is 17.9. The van der Waals surface area contributed by atoms with Crippen molar-refractivity contribution in [2.45, 2.75) is 208 Å². The Morgan fingerprint density at radius 1 is 0.683 bits per heavy atom. The van der Waals surface area contributed by atoms with Gasteiger partial charge in [0.15, 0.2) is 24.7 Å². The van der Waals surface area contributed by atoms with Gasteiger partial charge in [-0.3, -0.25) is 0 Å². The van der Waals surface area contributed by atoms with Gasteiger partial charge in [-0.15, -0.1) is 0 Å². The smallest absolute Gasteiger partial charge is 0.187 e. The maximum Gasteiger partial charge on any atom is 0.187 e. The summed E-state index contributed by atoms with van der Waals surface area (Å²) < 4.78 is 49.6. The highest BCUT2D eigenvalue weighted by atomic mass is 16.8. The van der Waals surface area contributed by atoms with Crippen molar-refractivity contribution >= 4 is 0 Å². The molecular weight excluding hydrogens is 828 g/mol. The zero-order valence-corrected chi connectivity index (χ0v) is 37.0. The molecule has 5 heterocycles. The van der Waals surface area contributed by atoms with Gasteiger partial charge in [-0.25, -0.2) is 0 Å². The fraction of sp³-hybridized carbons (Fsp3) is 0.956. The summed E-state index contributed by atoms with van der Waals surface area (Å²) in [6.45, 7) is 9.66. The summed E-state index contributed by atoms with van der Waals surface area (Å²) >= 11 is 0. The van der Waals surface area contributed by atoms with Crippen molar-refractivity contribution in [3.63, 3.8) is 0 Å². The van der Waals surface area contributed by atoms with E-state index in [0.29, 0.717) is 37.2 Å². The number of aliphatic hydroxyl groups is 10. The molecule has 26 atom stereocenters. The van der Waals surface area contributed by atoms with Crippen molar-refractivity contribution in [3.05, 3.63) is 11.6 Å². The quantitative estimate of drug-likeness (QED) is 0.135. The highest BCUT2D eigenvalue weighted by molar-refractivity contribution is 5.29. The molecule has 18 heteroatoms. The highest BCUT2D eigenvalue weighted by Gasteiger charge is 2.76. The van der Waals surface area contributed by atoms with E-state index in [1.165, 1.54) is 12.5 Å². The number of hydrogen-bond acceptors (Lipinski definition) is 18. The predicted molar refractivity (Wildman–Crippen MR) is 216 cm³/mol. The van der Waals surface area contributed by atoms with Crippen LogP contribution in [0.2, 0.25) is 0 Å². The van der Waals surface area contributed by atoms with Gasteiger partial charge in [0.25, 0.3) is 0 Å². The summed E-state index contributed by atoms with van der Waals surface area (Å²) in [5.41, 5.74) is -0.168. The molecule has 0 aromatic rings. The van der Waals surface area contributed by atoms with Crippen LogP contribution >= 0.6 is 0 Å². The predicted octanol–water partition coefficient (Wildman–Crippen LogP) is -0.671. The summed E-state index contributed by atoms with van der Waals surface area (Å²) in [6, 6.07) is 0. The molecule has 63 heavy (non-hydrogen) atoms. The molecular formula is C45H72O18. The van der Waals surface area contributed by atoms with Crippen molar-refractivity contribution in [3.8, 4) is 0 Å². The monoisotopic (exact) mass is 900 g/mol. The number of ether oxygens (including phenoxy) is 8. The minimum Gasteiger partial charge on any atom is -0.394 e. The fourth-order valence-electron chi connectivity index (χ4n) is 14.0. The lowest BCUT2D eigenvalue weighted by molar-refractivity contribution is -0.389. The van der Waals surface area contributed by atoms with E-state index in [1.807, 2.05) is 0 Å². The third-order valence-corrected chi connectivity index (χ3v) is 17.9. The van der Waals surface area contributed by atoms with Crippen molar-refractivity contribution in [1.29, 1.82) is 0 Å². The van der Waals surface area contributed by atoms with Crippen molar-refractivity contribution in [2.75, 3.05) is 19.8 Å². The minimum atomic E-state index is -1.83. The van der Waals surface area contributed by atoms with Gasteiger partial charge in [0.2, 0.25) is 0 Å². The van der Waals surface area contributed by atoms with Gasteiger partial charge in [-0.05, 0) is 87.4 Å². The number of rotatable bonds is 8. The number of hydrogen-bond donors (Lipinski definition) is 10. The number of allylic oxidation sites excluding steroid dienone is 1. The van der Waals surface area contributed by atoms with E-state index < -0.39 is 123 Å². The van der Waals surface area contributed by atoms with Crippen LogP contribution in [0.4, 0.5) is 0 Å². The van der Waals surface area contributed by atoms with Gasteiger partial charge < -0.3 is 89.0 Å². The molecule has 0 aromatic heterocycles. The van der Waals surface area contributed by atoms with E-state index in [4.69, 9.17) is 37.9 Å². The summed E-state index contributed by atoms with van der Waals surface area (Å²) in [6.07, 6.45) is -14.2. The van der Waals surface area contributed by atoms with E-state index >= 15 is 0 Å². The van der Waals surface area contributed by atoms with E-state index in [-0.39, 0.29) is 28.8 Å². The summed E-state index contributed by atoms with van der Waals surface area (Å²) in [5.74, 6) is 0.616. The van der Waals surface area contributed by atoms with Crippen molar-refractivity contribution in [2.24, 2.45) is 40.4 Å². The lowest BCUT2D eigenvalue weighted by Crippen LogP contribution is -2.67. The summed E-state index contributed by atoms with van der Waals surface area (Å²) in [7, 11) is 0. The maximum atomic E-state index is 12.8. The largest absolute Gasteiger partial charge is 0.394 e. The van der Waals surface area contributed by atoms with Gasteiger partial charge in [0.1, 0.15) is 72.7 Å². The Kier molecular flexibility index (Phi) is 12.9. The van der Waals surface area contributed by atoms with Crippen LogP contribution in [0.1, 0.15) is 92.4 Å². The Bertz CT molecular complexity index is 1660. The Labute approximate surface area is 368 Å². The molecule has 10 N–H and O–H groups in total. The Morgan fingerprint density at radius 2 is 1.35 bits per heavy atom. The molecule has 0 radical (unpaired) electrons. The highest BCUT2D eigenvalue weighted by Crippen LogP contribution is 2.72. The zero-order chi connectivity index (χ0) is 45.1. The van der Waals surface area contributed by atoms with Crippen LogP contribution in [0.3, 0.4) is 0 Å². The van der Waals surface area contributed by atoms with Crippen LogP contribution < -0.4 is 0 Å². The molecule has 5 saturated heterocycles. The van der Waals surface area contributed by atoms with Gasteiger partial charge in [-0.2, -0.15) is 0 Å². The first-order chi connectivity index (χ1) is 29.8. The van der Waals surface area contributed by atoms with Gasteiger partial charge >= 0.3 is 0 Å². The molecule has 8 fully saturated rings. The zero-order valence-electron chi connectivity index (χ0n) is 37.0. The molecule has 9 aliphatic rings. The molecule has 18 nitrogen and oxygen atoms in total. The van der Waals surface area contributed by atoms with Gasteiger partial charge in [0, 0.05) is 17.8 Å². The molecule has 0 unspecified atom stereocenters. The van der Waals surface area contributed by atoms with E-state index in [9.17, 15) is 51.1 Å². The number of aliphatic hydroxyl groups excluding tert-OH is 9. The van der Waals surface area contributed by atoms with E-state index in [2.05, 4.69) is 33.8 Å². The standard InChI is InChI=1S/C45H72O18/c1-19-8-13-44(56-18-19)21(3)45(55)29(63-44)15-26-24-7-6-22-14-23(9-11-42(22,4)25(24)10-12-43(26,45)5)58-41-38(62-39-34(52)32(50)30(48)20(2)57-39)36(54)37(28(17-47)60-41)61-40-35(53)33(51)31(49)27(16-46)59-40/h6,19-21,23-41,46-55H,7-18H2,1-5H3/t19-,20+,21-,23+,24-,25+,26+,27-,28-,29+,30+,31-,32-,33+,34-,35-,36+,37-,38-,39-,40+,41-,42+,43+,44-,45-/m1/s1. The second-order valence-corrected chi connectivity index (χ2v) is 21.2. The molecule has 0 bridgehead atoms. The van der Waals surface area contributed by atoms with Crippen LogP contribution in [0.25, 0.3) is 0 Å². The van der Waals surface area contributed by atoms with Crippen LogP contribution in [-0.4, -0.2) is 187 Å². The first kappa shape index (κ1) is 47.1. The van der Waals surface area contributed by atoms with Crippen LogP contribution in [-0.2, 0) is 37.9 Å².